The number of fused-ring (bicyclic) bond motifs is 3. The highest BCUT2D eigenvalue weighted by molar-refractivity contribution is 5.77. The summed E-state index contributed by atoms with van der Waals surface area (Å²) in [5.74, 6) is 0.0341. The maximum atomic E-state index is 13.1. The number of carbonyl (C=O) groups is 1. The van der Waals surface area contributed by atoms with Crippen molar-refractivity contribution in [1.82, 2.24) is 23.1 Å². The average Bonchev–Trinajstić information content (AvgIpc) is 3.20. The summed E-state index contributed by atoms with van der Waals surface area (Å²) in [6, 6.07) is 0.344. The first-order valence-electron chi connectivity index (χ1n) is 9.63. The van der Waals surface area contributed by atoms with Crippen LogP contribution in [0.25, 0.3) is 16.9 Å². The summed E-state index contributed by atoms with van der Waals surface area (Å²) < 4.78 is 10.9. The molecule has 1 saturated carbocycles. The first-order valence-corrected chi connectivity index (χ1v) is 9.63. The van der Waals surface area contributed by atoms with Crippen LogP contribution in [0, 0.1) is 13.8 Å². The van der Waals surface area contributed by atoms with Crippen molar-refractivity contribution in [2.75, 3.05) is 7.11 Å². The summed E-state index contributed by atoms with van der Waals surface area (Å²) in [7, 11) is 2.79. The number of esters is 1. The zero-order valence-corrected chi connectivity index (χ0v) is 16.7. The molecular formula is C19H25N5O4. The first-order chi connectivity index (χ1) is 13.4. The van der Waals surface area contributed by atoms with Gasteiger partial charge in [0.1, 0.15) is 6.54 Å². The number of hydrogen-bond donors (Lipinski definition) is 0. The van der Waals surface area contributed by atoms with E-state index >= 15 is 0 Å². The van der Waals surface area contributed by atoms with Gasteiger partial charge in [-0.25, -0.2) is 9.36 Å². The van der Waals surface area contributed by atoms with Crippen molar-refractivity contribution in [3.8, 4) is 0 Å². The molecule has 0 aromatic carbocycles. The molecule has 0 amide bonds. The summed E-state index contributed by atoms with van der Waals surface area (Å²) in [6.45, 7) is 3.57. The molecule has 1 aliphatic carbocycles. The van der Waals surface area contributed by atoms with Crippen molar-refractivity contribution in [2.45, 2.75) is 58.5 Å². The summed E-state index contributed by atoms with van der Waals surface area (Å²) >= 11 is 0. The van der Waals surface area contributed by atoms with Gasteiger partial charge in [0, 0.05) is 24.5 Å². The summed E-state index contributed by atoms with van der Waals surface area (Å²) in [6.07, 6.45) is 5.77. The molecule has 28 heavy (non-hydrogen) atoms. The topological polar surface area (TPSA) is 92.5 Å². The Morgan fingerprint density at radius 1 is 1.14 bits per heavy atom. The molecule has 0 spiro atoms. The predicted octanol–water partition coefficient (Wildman–Crippen LogP) is 1.44. The Hall–Kier alpha value is -2.84. The van der Waals surface area contributed by atoms with Gasteiger partial charge in [0.2, 0.25) is 5.78 Å². The van der Waals surface area contributed by atoms with E-state index < -0.39 is 23.8 Å². The molecule has 4 rings (SSSR count). The minimum Gasteiger partial charge on any atom is -0.468 e. The highest BCUT2D eigenvalue weighted by Crippen LogP contribution is 2.33. The van der Waals surface area contributed by atoms with Crippen molar-refractivity contribution in [3.05, 3.63) is 32.2 Å². The maximum absolute atomic E-state index is 13.1. The number of hydrogen-bond acceptors (Lipinski definition) is 5. The monoisotopic (exact) mass is 387 g/mol. The van der Waals surface area contributed by atoms with E-state index in [1.54, 1.807) is 7.05 Å². The molecule has 3 aromatic heterocycles. The Morgan fingerprint density at radius 3 is 2.46 bits per heavy atom. The van der Waals surface area contributed by atoms with Crippen LogP contribution in [-0.4, -0.2) is 36.2 Å². The fourth-order valence-corrected chi connectivity index (χ4v) is 4.38. The fourth-order valence-electron chi connectivity index (χ4n) is 4.38. The van der Waals surface area contributed by atoms with Crippen molar-refractivity contribution < 1.29 is 9.53 Å². The van der Waals surface area contributed by atoms with E-state index in [-0.39, 0.29) is 0 Å². The molecule has 9 nitrogen and oxygen atoms in total. The van der Waals surface area contributed by atoms with Gasteiger partial charge in [-0.15, -0.1) is 0 Å². The van der Waals surface area contributed by atoms with Gasteiger partial charge >= 0.3 is 11.7 Å². The second-order valence-electron chi connectivity index (χ2n) is 7.56. The van der Waals surface area contributed by atoms with Crippen LogP contribution in [0.4, 0.5) is 0 Å². The number of aryl methyl sites for hydroxylation is 2. The summed E-state index contributed by atoms with van der Waals surface area (Å²) in [5, 5.41) is 0. The number of imidazole rings is 2. The van der Waals surface area contributed by atoms with Crippen LogP contribution in [0.1, 0.15) is 49.5 Å². The second-order valence-corrected chi connectivity index (χ2v) is 7.56. The lowest BCUT2D eigenvalue weighted by Gasteiger charge is -2.24. The molecule has 3 aromatic rings. The van der Waals surface area contributed by atoms with Crippen molar-refractivity contribution in [1.29, 1.82) is 0 Å². The van der Waals surface area contributed by atoms with Crippen molar-refractivity contribution in [2.24, 2.45) is 7.05 Å². The Balaban J connectivity index is 2.06. The molecule has 150 valence electrons. The molecular weight excluding hydrogens is 362 g/mol. The third-order valence-corrected chi connectivity index (χ3v) is 6.02. The molecule has 0 unspecified atom stereocenters. The predicted molar refractivity (Wildman–Crippen MR) is 104 cm³/mol. The lowest BCUT2D eigenvalue weighted by atomic mass is 9.95. The molecule has 9 heteroatoms. The van der Waals surface area contributed by atoms with E-state index in [0.717, 1.165) is 28.8 Å². The van der Waals surface area contributed by atoms with Gasteiger partial charge < -0.3 is 9.30 Å². The highest BCUT2D eigenvalue weighted by atomic mass is 16.5. The smallest absolute Gasteiger partial charge is 0.333 e. The average molecular weight is 387 g/mol. The van der Waals surface area contributed by atoms with E-state index in [0.29, 0.717) is 23.0 Å². The summed E-state index contributed by atoms with van der Waals surface area (Å²) in [5.41, 5.74) is 1.53. The van der Waals surface area contributed by atoms with Crippen LogP contribution < -0.4 is 11.2 Å². The molecule has 1 aliphatic rings. The van der Waals surface area contributed by atoms with Crippen molar-refractivity contribution >= 4 is 22.9 Å². The number of ether oxygens (including phenoxy) is 1. The van der Waals surface area contributed by atoms with E-state index in [1.807, 2.05) is 18.2 Å². The minimum atomic E-state index is -0.646. The standard InChI is InChI=1S/C19H25N5O4/c1-11-12(2)24-15-16(20-18(24)23(11)13-8-6-5-7-9-13)21(3)19(27)22(17(15)26)10-14(25)28-4/h13H,5-10H2,1-4H3. The van der Waals surface area contributed by atoms with Gasteiger partial charge in [0.05, 0.1) is 7.11 Å². The lowest BCUT2D eigenvalue weighted by Crippen LogP contribution is -2.41. The largest absolute Gasteiger partial charge is 0.468 e. The maximum Gasteiger partial charge on any atom is 0.333 e. The fraction of sp³-hybridized carbons (Fsp3) is 0.579. The molecule has 0 aliphatic heterocycles. The zero-order chi connectivity index (χ0) is 20.2. The quantitative estimate of drug-likeness (QED) is 0.634. The van der Waals surface area contributed by atoms with Crippen LogP contribution in [0.5, 0.6) is 0 Å². The van der Waals surface area contributed by atoms with Crippen molar-refractivity contribution in [3.63, 3.8) is 0 Å². The second kappa shape index (κ2) is 6.65. The Bertz CT molecular complexity index is 1200. The molecule has 0 bridgehead atoms. The van der Waals surface area contributed by atoms with E-state index in [1.165, 1.54) is 30.9 Å². The summed E-state index contributed by atoms with van der Waals surface area (Å²) in [4.78, 5) is 42.2. The van der Waals surface area contributed by atoms with Crippen LogP contribution in [-0.2, 0) is 23.1 Å². The van der Waals surface area contributed by atoms with E-state index in [9.17, 15) is 14.4 Å². The highest BCUT2D eigenvalue weighted by Gasteiger charge is 2.27. The van der Waals surface area contributed by atoms with Gasteiger partial charge in [0.15, 0.2) is 11.2 Å². The van der Waals surface area contributed by atoms with Crippen LogP contribution in [0.15, 0.2) is 9.59 Å². The normalized spacial score (nSPS) is 15.6. The number of methoxy groups -OCH3 is 1. The number of carbonyl (C=O) groups excluding carboxylic acids is 1. The van der Waals surface area contributed by atoms with Gasteiger partial charge in [-0.05, 0) is 26.7 Å². The van der Waals surface area contributed by atoms with Gasteiger partial charge in [0.25, 0.3) is 5.56 Å². The third-order valence-electron chi connectivity index (χ3n) is 6.02. The Kier molecular flexibility index (Phi) is 4.40. The first kappa shape index (κ1) is 18.5. The number of aromatic nitrogens is 5. The molecule has 0 N–H and O–H groups in total. The van der Waals surface area contributed by atoms with E-state index in [4.69, 9.17) is 4.98 Å². The van der Waals surface area contributed by atoms with Gasteiger partial charge in [-0.1, -0.05) is 19.3 Å². The molecule has 0 saturated heterocycles. The third kappa shape index (κ3) is 2.52. The van der Waals surface area contributed by atoms with E-state index in [2.05, 4.69) is 9.30 Å². The molecule has 3 heterocycles. The van der Waals surface area contributed by atoms with Crippen LogP contribution >= 0.6 is 0 Å². The molecule has 0 radical (unpaired) electrons. The zero-order valence-electron chi connectivity index (χ0n) is 16.7. The Labute approximate surface area is 161 Å². The molecule has 0 atom stereocenters. The SMILES string of the molecule is COC(=O)Cn1c(=O)c2c(nc3n(C4CCCCC4)c(C)c(C)n23)n(C)c1=O. The Morgan fingerprint density at radius 2 is 1.82 bits per heavy atom. The number of rotatable bonds is 3. The number of nitrogens with zero attached hydrogens (tertiary/aromatic N) is 5. The van der Waals surface area contributed by atoms with Crippen LogP contribution in [0.2, 0.25) is 0 Å². The van der Waals surface area contributed by atoms with Crippen LogP contribution in [0.3, 0.4) is 0 Å². The van der Waals surface area contributed by atoms with Gasteiger partial charge in [-0.3, -0.25) is 18.6 Å². The molecule has 1 fully saturated rings. The lowest BCUT2D eigenvalue weighted by molar-refractivity contribution is -0.141. The minimum absolute atomic E-state index is 0.316. The van der Waals surface area contributed by atoms with Gasteiger partial charge in [-0.2, -0.15) is 4.98 Å².